The molecular weight excluding hydrogens is 322 g/mol. The summed E-state index contributed by atoms with van der Waals surface area (Å²) < 4.78 is 59.0. The minimum atomic E-state index is -4.09. The molecule has 122 valence electrons. The lowest BCUT2D eigenvalue weighted by atomic mass is 10.2. The van der Waals surface area contributed by atoms with E-state index in [-0.39, 0.29) is 19.7 Å². The first-order chi connectivity index (χ1) is 10.3. The van der Waals surface area contributed by atoms with Gasteiger partial charge in [0.1, 0.15) is 0 Å². The lowest BCUT2D eigenvalue weighted by molar-refractivity contribution is 0.0697. The molecule has 1 fully saturated rings. The quantitative estimate of drug-likeness (QED) is 0.856. The Morgan fingerprint density at radius 2 is 1.91 bits per heavy atom. The van der Waals surface area contributed by atoms with Crippen molar-refractivity contribution in [2.45, 2.75) is 6.42 Å². The summed E-state index contributed by atoms with van der Waals surface area (Å²) in [4.78, 5) is 11.0. The van der Waals surface area contributed by atoms with Gasteiger partial charge in [-0.1, -0.05) is 0 Å². The highest BCUT2D eigenvalue weighted by atomic mass is 32.2. The summed E-state index contributed by atoms with van der Waals surface area (Å²) in [6.07, 6.45) is 0.477. The van der Waals surface area contributed by atoms with E-state index in [1.54, 1.807) is 0 Å². The van der Waals surface area contributed by atoms with Gasteiger partial charge in [0, 0.05) is 25.8 Å². The van der Waals surface area contributed by atoms with Crippen molar-refractivity contribution in [3.63, 3.8) is 0 Å². The molecule has 7 nitrogen and oxygen atoms in total. The zero-order valence-corrected chi connectivity index (χ0v) is 12.2. The Bertz CT molecular complexity index is 672. The average molecular weight is 336 g/mol. The van der Waals surface area contributed by atoms with E-state index in [1.165, 1.54) is 0 Å². The summed E-state index contributed by atoms with van der Waals surface area (Å²) in [5, 5.41) is 8.98. The van der Waals surface area contributed by atoms with Gasteiger partial charge in [-0.25, -0.2) is 13.6 Å². The molecule has 0 saturated carbocycles. The number of carbonyl (C=O) groups is 1. The van der Waals surface area contributed by atoms with Crippen molar-refractivity contribution in [3.05, 3.63) is 29.3 Å². The predicted octanol–water partition coefficient (Wildman–Crippen LogP) is 1.04. The second-order valence-corrected chi connectivity index (χ2v) is 6.26. The van der Waals surface area contributed by atoms with Crippen LogP contribution in [0.25, 0.3) is 0 Å². The fraction of sp³-hybridized carbons (Fsp3) is 0.417. The maximum atomic E-state index is 13.3. The molecule has 1 aromatic rings. The third-order valence-electron chi connectivity index (χ3n) is 3.05. The number of nitrogens with zero attached hydrogens (tertiary/aromatic N) is 1. The summed E-state index contributed by atoms with van der Waals surface area (Å²) in [7, 11) is -4.09. The molecule has 0 aromatic heterocycles. The van der Waals surface area contributed by atoms with E-state index < -0.39 is 39.1 Å². The Morgan fingerprint density at radius 1 is 1.23 bits per heavy atom. The van der Waals surface area contributed by atoms with Gasteiger partial charge in [-0.15, -0.1) is 0 Å². The highest BCUT2D eigenvalue weighted by molar-refractivity contribution is 7.90. The molecule has 1 heterocycles. The molecule has 10 heteroatoms. The Balaban J connectivity index is 2.32. The molecule has 1 aliphatic rings. The maximum Gasteiger partial charge on any atom is 0.337 e. The highest BCUT2D eigenvalue weighted by Gasteiger charge is 2.26. The monoisotopic (exact) mass is 336 g/mol. The van der Waals surface area contributed by atoms with E-state index in [2.05, 4.69) is 0 Å². The number of benzene rings is 1. The van der Waals surface area contributed by atoms with Crippen LogP contribution in [0.2, 0.25) is 0 Å². The van der Waals surface area contributed by atoms with E-state index in [4.69, 9.17) is 9.84 Å². The summed E-state index contributed by atoms with van der Waals surface area (Å²) in [6, 6.07) is 0.936. The molecule has 1 saturated heterocycles. The Kier molecular flexibility index (Phi) is 4.94. The molecule has 2 N–H and O–H groups in total. The molecule has 1 aliphatic heterocycles. The van der Waals surface area contributed by atoms with Crippen molar-refractivity contribution in [2.75, 3.05) is 31.0 Å². The van der Waals surface area contributed by atoms with Crippen LogP contribution in [0.5, 0.6) is 0 Å². The topological polar surface area (TPSA) is 95.9 Å². The van der Waals surface area contributed by atoms with Crippen molar-refractivity contribution in [2.24, 2.45) is 0 Å². The first-order valence-corrected chi connectivity index (χ1v) is 7.83. The molecular formula is C12H14F2N2O5S. The van der Waals surface area contributed by atoms with Crippen molar-refractivity contribution < 1.29 is 31.8 Å². The fourth-order valence-electron chi connectivity index (χ4n) is 1.98. The van der Waals surface area contributed by atoms with Gasteiger partial charge in [0.2, 0.25) is 0 Å². The van der Waals surface area contributed by atoms with Gasteiger partial charge in [-0.2, -0.15) is 12.7 Å². The first-order valence-electron chi connectivity index (χ1n) is 6.39. The summed E-state index contributed by atoms with van der Waals surface area (Å²) in [5.41, 5.74) is -1.20. The van der Waals surface area contributed by atoms with Crippen molar-refractivity contribution in [1.82, 2.24) is 4.31 Å². The molecule has 0 amide bonds. The third-order valence-corrected chi connectivity index (χ3v) is 4.57. The number of rotatable bonds is 4. The molecule has 0 aliphatic carbocycles. The number of ether oxygens (including phenoxy) is 1. The van der Waals surface area contributed by atoms with Gasteiger partial charge in [-0.3, -0.25) is 4.72 Å². The van der Waals surface area contributed by atoms with E-state index in [1.807, 2.05) is 4.72 Å². The number of carboxylic acid groups (broad SMARTS) is 1. The van der Waals surface area contributed by atoms with Gasteiger partial charge in [0.25, 0.3) is 0 Å². The second-order valence-electron chi connectivity index (χ2n) is 4.59. The van der Waals surface area contributed by atoms with Gasteiger partial charge < -0.3 is 9.84 Å². The lowest BCUT2D eigenvalue weighted by Gasteiger charge is -2.21. The minimum Gasteiger partial charge on any atom is -0.478 e. The molecule has 0 spiro atoms. The van der Waals surface area contributed by atoms with Crippen LogP contribution in [0.3, 0.4) is 0 Å². The van der Waals surface area contributed by atoms with E-state index in [0.717, 1.165) is 4.31 Å². The maximum absolute atomic E-state index is 13.3. The Morgan fingerprint density at radius 3 is 2.59 bits per heavy atom. The number of hydrogen-bond donors (Lipinski definition) is 2. The summed E-state index contributed by atoms with van der Waals surface area (Å²) in [5.74, 6) is -4.29. The smallest absolute Gasteiger partial charge is 0.337 e. The minimum absolute atomic E-state index is 0.0847. The third kappa shape index (κ3) is 3.70. The van der Waals surface area contributed by atoms with Crippen LogP contribution < -0.4 is 4.72 Å². The van der Waals surface area contributed by atoms with E-state index in [0.29, 0.717) is 25.2 Å². The number of anilines is 1. The molecule has 0 atom stereocenters. The predicted molar refractivity (Wildman–Crippen MR) is 72.9 cm³/mol. The van der Waals surface area contributed by atoms with Crippen LogP contribution in [0.1, 0.15) is 16.8 Å². The Hall–Kier alpha value is -1.78. The van der Waals surface area contributed by atoms with E-state index >= 15 is 0 Å². The number of halogens is 2. The van der Waals surface area contributed by atoms with Gasteiger partial charge in [0.05, 0.1) is 17.9 Å². The van der Waals surface area contributed by atoms with Crippen molar-refractivity contribution >= 4 is 21.9 Å². The SMILES string of the molecule is O=C(O)c1cc(F)c(F)cc1NS(=O)(=O)N1CCCOCC1. The molecule has 1 aromatic carbocycles. The standard InChI is InChI=1S/C12H14F2N2O5S/c13-9-6-8(12(17)18)11(7-10(9)14)15-22(19,20)16-2-1-4-21-5-3-16/h6-7,15H,1-5H2,(H,17,18). The number of nitrogens with one attached hydrogen (secondary N) is 1. The van der Waals surface area contributed by atoms with Crippen LogP contribution in [0.4, 0.5) is 14.5 Å². The normalized spacial score (nSPS) is 17.0. The van der Waals surface area contributed by atoms with Crippen LogP contribution in [0, 0.1) is 11.6 Å². The van der Waals surface area contributed by atoms with Gasteiger partial charge in [0.15, 0.2) is 11.6 Å². The van der Waals surface area contributed by atoms with Crippen LogP contribution in [-0.2, 0) is 14.9 Å². The zero-order chi connectivity index (χ0) is 16.3. The molecule has 22 heavy (non-hydrogen) atoms. The fourth-order valence-corrected chi connectivity index (χ4v) is 3.24. The summed E-state index contributed by atoms with van der Waals surface area (Å²) >= 11 is 0. The van der Waals surface area contributed by atoms with Crippen LogP contribution in [0.15, 0.2) is 12.1 Å². The van der Waals surface area contributed by atoms with E-state index in [9.17, 15) is 22.0 Å². The molecule has 2 rings (SSSR count). The number of carboxylic acids is 1. The molecule has 0 bridgehead atoms. The van der Waals surface area contributed by atoms with Crippen molar-refractivity contribution in [1.29, 1.82) is 0 Å². The van der Waals surface area contributed by atoms with Gasteiger partial charge >= 0.3 is 16.2 Å². The van der Waals surface area contributed by atoms with Crippen LogP contribution in [-0.4, -0.2) is 50.1 Å². The zero-order valence-electron chi connectivity index (χ0n) is 11.4. The number of aromatic carboxylic acids is 1. The summed E-state index contributed by atoms with van der Waals surface area (Å²) in [6.45, 7) is 0.880. The highest BCUT2D eigenvalue weighted by Crippen LogP contribution is 2.22. The van der Waals surface area contributed by atoms with Crippen molar-refractivity contribution in [3.8, 4) is 0 Å². The average Bonchev–Trinajstić information content (AvgIpc) is 2.71. The molecule has 0 radical (unpaired) electrons. The molecule has 0 unspecified atom stereocenters. The number of hydrogen-bond acceptors (Lipinski definition) is 4. The first kappa shape index (κ1) is 16.6. The lowest BCUT2D eigenvalue weighted by Crippen LogP contribution is -2.38. The van der Waals surface area contributed by atoms with Crippen LogP contribution >= 0.6 is 0 Å². The largest absolute Gasteiger partial charge is 0.478 e. The van der Waals surface area contributed by atoms with Gasteiger partial charge in [-0.05, 0) is 12.5 Å². The Labute approximate surface area is 125 Å². The second kappa shape index (κ2) is 6.55.